The zero-order valence-corrected chi connectivity index (χ0v) is 14.9. The van der Waals surface area contributed by atoms with Crippen molar-refractivity contribution in [2.75, 3.05) is 13.2 Å². The van der Waals surface area contributed by atoms with Crippen LogP contribution in [0.3, 0.4) is 0 Å². The minimum Gasteiger partial charge on any atom is -0.487 e. The third-order valence-electron chi connectivity index (χ3n) is 4.35. The Labute approximate surface area is 159 Å². The Bertz CT molecular complexity index is 843. The lowest BCUT2D eigenvalue weighted by molar-refractivity contribution is -0.148. The lowest BCUT2D eigenvalue weighted by atomic mass is 9.95. The first-order valence-corrected chi connectivity index (χ1v) is 8.76. The third kappa shape index (κ3) is 5.07. The molecule has 1 heterocycles. The second kappa shape index (κ2) is 8.68. The molecule has 1 aliphatic heterocycles. The van der Waals surface area contributed by atoms with Gasteiger partial charge in [0.05, 0.1) is 5.71 Å². The Balaban J connectivity index is 1.45. The quantitative estimate of drug-likeness (QED) is 0.471. The zero-order valence-electron chi connectivity index (χ0n) is 14.9. The smallest absolute Gasteiger partial charge is 0.340 e. The summed E-state index contributed by atoms with van der Waals surface area (Å²) in [7, 11) is 0. The van der Waals surface area contributed by atoms with Crippen LogP contribution in [0.5, 0.6) is 5.75 Å². The molecule has 1 N–H and O–H groups in total. The van der Waals surface area contributed by atoms with Gasteiger partial charge in [-0.05, 0) is 42.3 Å². The van der Waals surface area contributed by atoms with Gasteiger partial charge >= 0.3 is 12.3 Å². The highest BCUT2D eigenvalue weighted by molar-refractivity contribution is 6.08. The molecule has 0 saturated heterocycles. The van der Waals surface area contributed by atoms with Crippen LogP contribution in [-0.2, 0) is 6.54 Å². The van der Waals surface area contributed by atoms with Crippen molar-refractivity contribution in [2.45, 2.75) is 31.7 Å². The van der Waals surface area contributed by atoms with E-state index in [0.717, 1.165) is 22.4 Å². The molecule has 150 valence electrons. The molecule has 0 aromatic heterocycles. The SMILES string of the molecule is FC1=CC=C2C(CCNCc3cccc(OCC(F)(F)C(F)F)c3)=CN=C2C1. The first-order valence-electron chi connectivity index (χ1n) is 8.76. The fourth-order valence-corrected chi connectivity index (χ4v) is 2.86. The molecule has 0 bridgehead atoms. The van der Waals surface area contributed by atoms with Crippen molar-refractivity contribution in [3.05, 3.63) is 65.2 Å². The predicted molar refractivity (Wildman–Crippen MR) is 96.6 cm³/mol. The topological polar surface area (TPSA) is 33.6 Å². The van der Waals surface area contributed by atoms with Gasteiger partial charge in [0.15, 0.2) is 6.61 Å². The van der Waals surface area contributed by atoms with E-state index in [1.54, 1.807) is 24.4 Å². The molecule has 3 rings (SSSR count). The summed E-state index contributed by atoms with van der Waals surface area (Å²) >= 11 is 0. The highest BCUT2D eigenvalue weighted by atomic mass is 19.3. The average Bonchev–Trinajstić information content (AvgIpc) is 3.06. The standard InChI is InChI=1S/C20H19F5N2O/c21-15-4-5-17-14(11-27-18(17)9-15)6-7-26-10-13-2-1-3-16(8-13)28-12-20(24,25)19(22)23/h1-5,8,11,19,26H,6-7,9-10,12H2. The van der Waals surface area contributed by atoms with E-state index in [0.29, 0.717) is 19.5 Å². The number of fused-ring (bicyclic) bond motifs is 1. The molecule has 1 aromatic carbocycles. The minimum atomic E-state index is -4.18. The first kappa shape index (κ1) is 20.3. The summed E-state index contributed by atoms with van der Waals surface area (Å²) in [6.07, 6.45) is 2.07. The molecule has 0 spiro atoms. The number of rotatable bonds is 9. The molecule has 1 aliphatic carbocycles. The van der Waals surface area contributed by atoms with Crippen molar-refractivity contribution < 1.29 is 26.7 Å². The van der Waals surface area contributed by atoms with Crippen LogP contribution in [-0.4, -0.2) is 31.2 Å². The highest BCUT2D eigenvalue weighted by Gasteiger charge is 2.41. The van der Waals surface area contributed by atoms with Gasteiger partial charge in [0.1, 0.15) is 11.6 Å². The van der Waals surface area contributed by atoms with E-state index in [4.69, 9.17) is 4.74 Å². The van der Waals surface area contributed by atoms with E-state index in [-0.39, 0.29) is 18.0 Å². The molecule has 8 heteroatoms. The van der Waals surface area contributed by atoms with E-state index in [9.17, 15) is 22.0 Å². The number of nitrogens with one attached hydrogen (secondary N) is 1. The van der Waals surface area contributed by atoms with Crippen molar-refractivity contribution in [3.8, 4) is 5.75 Å². The molecule has 28 heavy (non-hydrogen) atoms. The Kier molecular flexibility index (Phi) is 6.28. The van der Waals surface area contributed by atoms with Crippen LogP contribution in [0.15, 0.2) is 64.6 Å². The predicted octanol–water partition coefficient (Wildman–Crippen LogP) is 4.97. The number of nitrogens with zero attached hydrogens (tertiary/aromatic N) is 1. The second-order valence-corrected chi connectivity index (χ2v) is 6.53. The van der Waals surface area contributed by atoms with E-state index in [1.807, 2.05) is 0 Å². The van der Waals surface area contributed by atoms with Gasteiger partial charge in [-0.2, -0.15) is 8.78 Å². The maximum Gasteiger partial charge on any atom is 0.340 e. The number of hydrogen-bond acceptors (Lipinski definition) is 3. The summed E-state index contributed by atoms with van der Waals surface area (Å²) in [4.78, 5) is 4.24. The molecule has 2 aliphatic rings. The fourth-order valence-electron chi connectivity index (χ4n) is 2.86. The maximum absolute atomic E-state index is 13.2. The van der Waals surface area contributed by atoms with Crippen LogP contribution in [0, 0.1) is 0 Å². The number of alkyl halides is 4. The molecule has 0 amide bonds. The van der Waals surface area contributed by atoms with Crippen molar-refractivity contribution in [1.29, 1.82) is 0 Å². The molecular weight excluding hydrogens is 379 g/mol. The monoisotopic (exact) mass is 398 g/mol. The number of benzene rings is 1. The maximum atomic E-state index is 13.2. The summed E-state index contributed by atoms with van der Waals surface area (Å²) in [5.74, 6) is -4.28. The number of aliphatic imine (C=N–C) groups is 1. The molecule has 0 unspecified atom stereocenters. The van der Waals surface area contributed by atoms with Crippen molar-refractivity contribution in [1.82, 2.24) is 5.32 Å². The zero-order chi connectivity index (χ0) is 20.1. The van der Waals surface area contributed by atoms with E-state index >= 15 is 0 Å². The van der Waals surface area contributed by atoms with Gasteiger partial charge in [0.25, 0.3) is 0 Å². The summed E-state index contributed by atoms with van der Waals surface area (Å²) < 4.78 is 68.3. The molecule has 3 nitrogen and oxygen atoms in total. The van der Waals surface area contributed by atoms with Crippen LogP contribution in [0.25, 0.3) is 0 Å². The molecular formula is C20H19F5N2O. The van der Waals surface area contributed by atoms with E-state index in [2.05, 4.69) is 10.3 Å². The molecule has 1 aromatic rings. The Morgan fingerprint density at radius 3 is 2.82 bits per heavy atom. The second-order valence-electron chi connectivity index (χ2n) is 6.53. The summed E-state index contributed by atoms with van der Waals surface area (Å²) in [5.41, 5.74) is 3.49. The van der Waals surface area contributed by atoms with E-state index < -0.39 is 19.0 Å². The Morgan fingerprint density at radius 1 is 1.21 bits per heavy atom. The van der Waals surface area contributed by atoms with Gasteiger partial charge in [-0.1, -0.05) is 18.2 Å². The highest BCUT2D eigenvalue weighted by Crippen LogP contribution is 2.29. The minimum absolute atomic E-state index is 0.109. The summed E-state index contributed by atoms with van der Waals surface area (Å²) in [5, 5.41) is 3.22. The third-order valence-corrected chi connectivity index (χ3v) is 4.35. The van der Waals surface area contributed by atoms with Gasteiger partial charge in [0.2, 0.25) is 0 Å². The van der Waals surface area contributed by atoms with Gasteiger partial charge in [-0.25, -0.2) is 13.2 Å². The number of hydrogen-bond donors (Lipinski definition) is 1. The largest absolute Gasteiger partial charge is 0.487 e. The Morgan fingerprint density at radius 2 is 2.04 bits per heavy atom. The van der Waals surface area contributed by atoms with Crippen molar-refractivity contribution in [3.63, 3.8) is 0 Å². The number of halogens is 5. The van der Waals surface area contributed by atoms with Crippen molar-refractivity contribution in [2.24, 2.45) is 4.99 Å². The number of ether oxygens (including phenoxy) is 1. The average molecular weight is 398 g/mol. The first-order chi connectivity index (χ1) is 13.3. The molecule has 0 atom stereocenters. The van der Waals surface area contributed by atoms with Gasteiger partial charge < -0.3 is 10.1 Å². The van der Waals surface area contributed by atoms with Crippen molar-refractivity contribution >= 4 is 5.71 Å². The van der Waals surface area contributed by atoms with Gasteiger partial charge in [0, 0.05) is 24.7 Å². The lowest BCUT2D eigenvalue weighted by Crippen LogP contribution is -2.33. The summed E-state index contributed by atoms with van der Waals surface area (Å²) in [6.45, 7) is -0.286. The van der Waals surface area contributed by atoms with Crippen LogP contribution < -0.4 is 10.1 Å². The molecule has 0 radical (unpaired) electrons. The normalized spacial score (nSPS) is 16.4. The Hall–Kier alpha value is -2.48. The molecule has 0 fully saturated rings. The van der Waals surface area contributed by atoms with E-state index in [1.165, 1.54) is 18.2 Å². The van der Waals surface area contributed by atoms with Crippen LogP contribution in [0.2, 0.25) is 0 Å². The van der Waals surface area contributed by atoms with Gasteiger partial charge in [-0.3, -0.25) is 4.99 Å². The number of allylic oxidation sites excluding steroid dienone is 4. The van der Waals surface area contributed by atoms with Crippen LogP contribution in [0.1, 0.15) is 18.4 Å². The van der Waals surface area contributed by atoms with Gasteiger partial charge in [-0.15, -0.1) is 0 Å². The lowest BCUT2D eigenvalue weighted by Gasteiger charge is -2.16. The van der Waals surface area contributed by atoms with Crippen LogP contribution >= 0.6 is 0 Å². The molecule has 0 saturated carbocycles. The van der Waals surface area contributed by atoms with Crippen LogP contribution in [0.4, 0.5) is 22.0 Å². The summed E-state index contributed by atoms with van der Waals surface area (Å²) in [6, 6.07) is 6.36. The fraction of sp³-hybridized carbons (Fsp3) is 0.350.